The molecule has 1 saturated carbocycles. The third-order valence-electron chi connectivity index (χ3n) is 5.88. The van der Waals surface area contributed by atoms with Crippen LogP contribution in [0.3, 0.4) is 0 Å². The second-order valence-electron chi connectivity index (χ2n) is 8.06. The molecule has 0 saturated heterocycles. The summed E-state index contributed by atoms with van der Waals surface area (Å²) >= 11 is 1.42. The molecule has 0 atom stereocenters. The van der Waals surface area contributed by atoms with Gasteiger partial charge < -0.3 is 0 Å². The van der Waals surface area contributed by atoms with E-state index < -0.39 is 0 Å². The highest BCUT2D eigenvalue weighted by atomic mass is 32.2. The van der Waals surface area contributed by atoms with Crippen LogP contribution in [-0.2, 0) is 9.59 Å². The van der Waals surface area contributed by atoms with Gasteiger partial charge in [-0.1, -0.05) is 79.4 Å². The Morgan fingerprint density at radius 1 is 0.862 bits per heavy atom. The van der Waals surface area contributed by atoms with E-state index in [-0.39, 0.29) is 17.9 Å². The van der Waals surface area contributed by atoms with Gasteiger partial charge in [-0.15, -0.1) is 0 Å². The van der Waals surface area contributed by atoms with Gasteiger partial charge in [0.25, 0.3) is 11.8 Å². The number of nitrogens with zero attached hydrogens (tertiary/aromatic N) is 1. The maximum Gasteiger partial charge on any atom is 0.268 e. The molecule has 0 N–H and O–H groups in total. The zero-order valence-electron chi connectivity index (χ0n) is 17.1. The number of rotatable bonds is 4. The highest BCUT2D eigenvalue weighted by Crippen LogP contribution is 2.42. The predicted molar refractivity (Wildman–Crippen MR) is 118 cm³/mol. The van der Waals surface area contributed by atoms with Gasteiger partial charge in [0, 0.05) is 10.9 Å². The summed E-state index contributed by atoms with van der Waals surface area (Å²) in [4.78, 5) is 30.2. The van der Waals surface area contributed by atoms with E-state index in [1.807, 2.05) is 56.3 Å². The Hall–Kier alpha value is -2.33. The number of amides is 2. The third kappa shape index (κ3) is 4.04. The number of imide groups is 1. The number of aryl methyl sites for hydroxylation is 2. The molecular weight excluding hydrogens is 378 g/mol. The lowest BCUT2D eigenvalue weighted by atomic mass is 9.98. The summed E-state index contributed by atoms with van der Waals surface area (Å²) in [5.74, 6) is -0.238. The smallest absolute Gasteiger partial charge is 0.268 e. The second-order valence-corrected chi connectivity index (χ2v) is 9.15. The molecule has 1 aliphatic heterocycles. The van der Waals surface area contributed by atoms with Crippen molar-refractivity contribution in [2.75, 3.05) is 0 Å². The summed E-state index contributed by atoms with van der Waals surface area (Å²) in [5, 5.41) is 0. The Bertz CT molecular complexity index is 956. The molecule has 0 aromatic heterocycles. The molecular formula is C25H27NO2S. The fourth-order valence-electron chi connectivity index (χ4n) is 4.41. The molecule has 1 fully saturated rings. The average Bonchev–Trinajstić information content (AvgIpc) is 2.88. The highest BCUT2D eigenvalue weighted by Gasteiger charge is 2.43. The van der Waals surface area contributed by atoms with Gasteiger partial charge in [-0.3, -0.25) is 14.5 Å². The van der Waals surface area contributed by atoms with Crippen LogP contribution in [0.2, 0.25) is 0 Å². The predicted octanol–water partition coefficient (Wildman–Crippen LogP) is 5.90. The lowest BCUT2D eigenvalue weighted by molar-refractivity contribution is -0.139. The normalized spacial score (nSPS) is 18.5. The summed E-state index contributed by atoms with van der Waals surface area (Å²) in [7, 11) is 0. The Kier molecular flexibility index (Phi) is 5.91. The lowest BCUT2D eigenvalue weighted by Crippen LogP contribution is -2.40. The number of thioether (sulfide) groups is 1. The molecule has 0 radical (unpaired) electrons. The van der Waals surface area contributed by atoms with Gasteiger partial charge in [0.2, 0.25) is 0 Å². The number of hydrogen-bond acceptors (Lipinski definition) is 3. The van der Waals surface area contributed by atoms with E-state index in [1.54, 1.807) is 4.90 Å². The summed E-state index contributed by atoms with van der Waals surface area (Å²) in [5.41, 5.74) is 3.64. The molecule has 3 nitrogen and oxygen atoms in total. The van der Waals surface area contributed by atoms with E-state index in [1.165, 1.54) is 24.6 Å². The number of carbonyl (C=O) groups is 2. The minimum Gasteiger partial charge on any atom is -0.271 e. The van der Waals surface area contributed by atoms with Gasteiger partial charge in [0.15, 0.2) is 0 Å². The topological polar surface area (TPSA) is 37.4 Å². The van der Waals surface area contributed by atoms with Crippen LogP contribution < -0.4 is 0 Å². The third-order valence-corrected chi connectivity index (χ3v) is 6.97. The average molecular weight is 406 g/mol. The van der Waals surface area contributed by atoms with Crippen molar-refractivity contribution in [2.45, 2.75) is 63.3 Å². The monoisotopic (exact) mass is 405 g/mol. The fraction of sp³-hybridized carbons (Fsp3) is 0.360. The van der Waals surface area contributed by atoms with Crippen LogP contribution >= 0.6 is 11.8 Å². The van der Waals surface area contributed by atoms with Crippen molar-refractivity contribution in [3.05, 3.63) is 70.1 Å². The van der Waals surface area contributed by atoms with Gasteiger partial charge in [0.1, 0.15) is 0 Å². The fourth-order valence-corrected chi connectivity index (χ4v) is 5.42. The molecule has 0 unspecified atom stereocenters. The Morgan fingerprint density at radius 2 is 1.55 bits per heavy atom. The summed E-state index contributed by atoms with van der Waals surface area (Å²) in [6.45, 7) is 4.07. The summed E-state index contributed by atoms with van der Waals surface area (Å²) in [6, 6.07) is 16.0. The molecule has 4 rings (SSSR count). The first-order chi connectivity index (χ1) is 14.1. The van der Waals surface area contributed by atoms with Crippen molar-refractivity contribution >= 4 is 29.1 Å². The maximum atomic E-state index is 13.6. The second kappa shape index (κ2) is 8.58. The van der Waals surface area contributed by atoms with Crippen molar-refractivity contribution in [3.8, 4) is 0 Å². The molecule has 0 bridgehead atoms. The quantitative estimate of drug-likeness (QED) is 0.469. The van der Waals surface area contributed by atoms with Gasteiger partial charge in [0.05, 0.1) is 10.5 Å². The van der Waals surface area contributed by atoms with Gasteiger partial charge in [-0.2, -0.15) is 0 Å². The van der Waals surface area contributed by atoms with Crippen molar-refractivity contribution in [1.29, 1.82) is 0 Å². The molecule has 2 aromatic carbocycles. The zero-order chi connectivity index (χ0) is 20.4. The molecule has 150 valence electrons. The van der Waals surface area contributed by atoms with Crippen LogP contribution in [0.4, 0.5) is 0 Å². The van der Waals surface area contributed by atoms with Crippen LogP contribution in [0.25, 0.3) is 5.57 Å². The van der Waals surface area contributed by atoms with Gasteiger partial charge >= 0.3 is 0 Å². The van der Waals surface area contributed by atoms with E-state index in [9.17, 15) is 9.59 Å². The molecule has 2 aliphatic rings. The standard InChI is InChI=1S/C25H27NO2S/c1-17-14-15-21(18(2)16-17)22-23(29-20-12-8-5-9-13-20)25(28)26(24(22)27)19-10-6-3-4-7-11-19/h5,8-9,12-16,19H,3-4,6-7,10-11H2,1-2H3. The van der Waals surface area contributed by atoms with Crippen molar-refractivity contribution in [1.82, 2.24) is 4.90 Å². The van der Waals surface area contributed by atoms with Gasteiger partial charge in [-0.25, -0.2) is 0 Å². The van der Waals surface area contributed by atoms with E-state index >= 15 is 0 Å². The largest absolute Gasteiger partial charge is 0.271 e. The number of carbonyl (C=O) groups excluding carboxylic acids is 2. The lowest BCUT2D eigenvalue weighted by Gasteiger charge is -2.25. The van der Waals surface area contributed by atoms with Crippen LogP contribution in [0.1, 0.15) is 55.2 Å². The Morgan fingerprint density at radius 3 is 2.21 bits per heavy atom. The van der Waals surface area contributed by atoms with Crippen LogP contribution in [0, 0.1) is 13.8 Å². The van der Waals surface area contributed by atoms with Crippen molar-refractivity contribution in [3.63, 3.8) is 0 Å². The Labute approximate surface area is 177 Å². The van der Waals surface area contributed by atoms with Crippen LogP contribution in [0.5, 0.6) is 0 Å². The molecule has 2 aromatic rings. The molecule has 29 heavy (non-hydrogen) atoms. The zero-order valence-corrected chi connectivity index (χ0v) is 17.9. The maximum absolute atomic E-state index is 13.6. The van der Waals surface area contributed by atoms with E-state index in [2.05, 4.69) is 6.07 Å². The Balaban J connectivity index is 1.78. The molecule has 1 heterocycles. The summed E-state index contributed by atoms with van der Waals surface area (Å²) in [6.07, 6.45) is 6.39. The highest BCUT2D eigenvalue weighted by molar-refractivity contribution is 8.04. The van der Waals surface area contributed by atoms with E-state index in [4.69, 9.17) is 0 Å². The van der Waals surface area contributed by atoms with Gasteiger partial charge in [-0.05, 0) is 49.9 Å². The van der Waals surface area contributed by atoms with Crippen molar-refractivity contribution < 1.29 is 9.59 Å². The summed E-state index contributed by atoms with van der Waals surface area (Å²) < 4.78 is 0. The molecule has 2 amide bonds. The first kappa shape index (κ1) is 20.0. The first-order valence-corrected chi connectivity index (χ1v) is 11.3. The van der Waals surface area contributed by atoms with Crippen LogP contribution in [-0.4, -0.2) is 22.8 Å². The SMILES string of the molecule is Cc1ccc(C2=C(Sc3ccccc3)C(=O)N(C3CCCCCC3)C2=O)c(C)c1. The van der Waals surface area contributed by atoms with E-state index in [0.717, 1.165) is 47.3 Å². The minimum atomic E-state index is -0.120. The van der Waals surface area contributed by atoms with Crippen LogP contribution in [0.15, 0.2) is 58.3 Å². The number of hydrogen-bond donors (Lipinski definition) is 0. The first-order valence-electron chi connectivity index (χ1n) is 10.5. The molecule has 0 spiro atoms. The minimum absolute atomic E-state index is 0.0205. The van der Waals surface area contributed by atoms with E-state index in [0.29, 0.717) is 10.5 Å². The van der Waals surface area contributed by atoms with Crippen molar-refractivity contribution in [2.24, 2.45) is 0 Å². The molecule has 1 aliphatic carbocycles. The number of benzene rings is 2. The molecule has 4 heteroatoms.